The maximum Gasteiger partial charge on any atom is 0.223 e. The van der Waals surface area contributed by atoms with Crippen LogP contribution in [0.1, 0.15) is 23.5 Å². The van der Waals surface area contributed by atoms with E-state index in [0.717, 1.165) is 11.1 Å². The molecule has 23 heavy (non-hydrogen) atoms. The molecule has 1 amide bonds. The van der Waals surface area contributed by atoms with E-state index < -0.39 is 10.8 Å². The molecule has 3 nitrogen and oxygen atoms in total. The topological polar surface area (TPSA) is 37.4 Å². The zero-order chi connectivity index (χ0) is 16.1. The molecule has 0 radical (unpaired) electrons. The van der Waals surface area contributed by atoms with Gasteiger partial charge < -0.3 is 4.90 Å². The summed E-state index contributed by atoms with van der Waals surface area (Å²) < 4.78 is 11.5. The summed E-state index contributed by atoms with van der Waals surface area (Å²) in [5.41, 5.74) is 2.32. The van der Waals surface area contributed by atoms with Crippen molar-refractivity contribution in [3.63, 3.8) is 0 Å². The quantitative estimate of drug-likeness (QED) is 0.866. The number of nitrogens with zero attached hydrogens (tertiary/aromatic N) is 1. The van der Waals surface area contributed by atoms with Crippen molar-refractivity contribution >= 4 is 16.7 Å². The van der Waals surface area contributed by atoms with Gasteiger partial charge in [-0.15, -0.1) is 0 Å². The molecular weight excluding hydrogens is 306 g/mol. The summed E-state index contributed by atoms with van der Waals surface area (Å²) in [5.74, 6) is 1.43. The Hall–Kier alpha value is -1.94. The molecule has 1 heterocycles. The molecule has 0 atom stereocenters. The lowest BCUT2D eigenvalue weighted by atomic mass is 9.88. The van der Waals surface area contributed by atoms with Crippen LogP contribution < -0.4 is 0 Å². The molecule has 4 heteroatoms. The summed E-state index contributed by atoms with van der Waals surface area (Å²) in [6.07, 6.45) is 0.459. The Morgan fingerprint density at radius 2 is 1.39 bits per heavy atom. The maximum absolute atomic E-state index is 12.7. The van der Waals surface area contributed by atoms with E-state index in [0.29, 0.717) is 31.0 Å². The molecular formula is C19H21NO2S. The van der Waals surface area contributed by atoms with E-state index in [9.17, 15) is 9.00 Å². The van der Waals surface area contributed by atoms with Crippen LogP contribution in [0.15, 0.2) is 60.7 Å². The number of carbonyl (C=O) groups excluding carboxylic acids is 1. The summed E-state index contributed by atoms with van der Waals surface area (Å²) >= 11 is 0. The first-order valence-electron chi connectivity index (χ1n) is 7.96. The molecule has 2 aromatic rings. The van der Waals surface area contributed by atoms with Crippen LogP contribution in [0, 0.1) is 0 Å². The third-order valence-corrected chi connectivity index (χ3v) is 5.59. The predicted molar refractivity (Wildman–Crippen MR) is 93.8 cm³/mol. The molecule has 0 N–H and O–H groups in total. The van der Waals surface area contributed by atoms with Crippen molar-refractivity contribution in [2.45, 2.75) is 12.3 Å². The van der Waals surface area contributed by atoms with E-state index in [1.54, 1.807) is 0 Å². The minimum atomic E-state index is -0.756. The third-order valence-electron chi connectivity index (χ3n) is 4.31. The minimum Gasteiger partial charge on any atom is -0.341 e. The van der Waals surface area contributed by atoms with E-state index in [4.69, 9.17) is 0 Å². The number of hydrogen-bond donors (Lipinski definition) is 0. The molecule has 1 saturated heterocycles. The number of rotatable bonds is 4. The zero-order valence-electron chi connectivity index (χ0n) is 13.1. The van der Waals surface area contributed by atoms with Crippen LogP contribution in [0.3, 0.4) is 0 Å². The lowest BCUT2D eigenvalue weighted by Crippen LogP contribution is -2.42. The molecule has 120 valence electrons. The molecule has 0 bridgehead atoms. The average molecular weight is 327 g/mol. The fraction of sp³-hybridized carbons (Fsp3) is 0.316. The van der Waals surface area contributed by atoms with Crippen molar-refractivity contribution in [2.75, 3.05) is 24.6 Å². The monoisotopic (exact) mass is 327 g/mol. The van der Waals surface area contributed by atoms with Gasteiger partial charge in [0.05, 0.1) is 0 Å². The van der Waals surface area contributed by atoms with Gasteiger partial charge in [-0.3, -0.25) is 9.00 Å². The normalized spacial score (nSPS) is 15.8. The van der Waals surface area contributed by atoms with E-state index in [1.807, 2.05) is 41.3 Å². The average Bonchev–Trinajstić information content (AvgIpc) is 2.61. The van der Waals surface area contributed by atoms with E-state index >= 15 is 0 Å². The highest BCUT2D eigenvalue weighted by Gasteiger charge is 2.24. The number of hydrogen-bond acceptors (Lipinski definition) is 2. The van der Waals surface area contributed by atoms with Crippen LogP contribution >= 0.6 is 0 Å². The highest BCUT2D eigenvalue weighted by atomic mass is 32.2. The maximum atomic E-state index is 12.7. The Morgan fingerprint density at radius 3 is 1.87 bits per heavy atom. The molecule has 2 aromatic carbocycles. The van der Waals surface area contributed by atoms with Gasteiger partial charge in [-0.1, -0.05) is 60.7 Å². The lowest BCUT2D eigenvalue weighted by molar-refractivity contribution is -0.131. The van der Waals surface area contributed by atoms with Gasteiger partial charge in [0.2, 0.25) is 5.91 Å². The van der Waals surface area contributed by atoms with Gasteiger partial charge in [0.25, 0.3) is 0 Å². The van der Waals surface area contributed by atoms with Crippen molar-refractivity contribution in [1.82, 2.24) is 4.90 Å². The zero-order valence-corrected chi connectivity index (χ0v) is 13.9. The highest BCUT2D eigenvalue weighted by Crippen LogP contribution is 2.28. The first kappa shape index (κ1) is 15.9. The smallest absolute Gasteiger partial charge is 0.223 e. The van der Waals surface area contributed by atoms with Gasteiger partial charge in [0.15, 0.2) is 0 Å². The van der Waals surface area contributed by atoms with Gasteiger partial charge in [-0.25, -0.2) is 0 Å². The second-order valence-corrected chi connectivity index (χ2v) is 7.50. The van der Waals surface area contributed by atoms with Crippen LogP contribution in [0.25, 0.3) is 0 Å². The van der Waals surface area contributed by atoms with Crippen LogP contribution in [0.5, 0.6) is 0 Å². The predicted octanol–water partition coefficient (Wildman–Crippen LogP) is 2.80. The molecule has 1 fully saturated rings. The molecule has 0 saturated carbocycles. The molecule has 0 unspecified atom stereocenters. The van der Waals surface area contributed by atoms with Crippen molar-refractivity contribution < 1.29 is 9.00 Å². The standard InChI is InChI=1S/C19H21NO2S/c21-19(20-11-13-23(22)14-12-20)15-18(16-7-3-1-4-8-16)17-9-5-2-6-10-17/h1-10,18H,11-15H2. The Labute approximate surface area is 139 Å². The van der Waals surface area contributed by atoms with Crippen LogP contribution in [0.2, 0.25) is 0 Å². The van der Waals surface area contributed by atoms with Gasteiger partial charge in [-0.05, 0) is 11.1 Å². The summed E-state index contributed by atoms with van der Waals surface area (Å²) in [6.45, 7) is 1.23. The third kappa shape index (κ3) is 4.08. The van der Waals surface area contributed by atoms with Gasteiger partial charge >= 0.3 is 0 Å². The van der Waals surface area contributed by atoms with Gasteiger partial charge in [-0.2, -0.15) is 0 Å². The molecule has 0 spiro atoms. The summed E-state index contributed by atoms with van der Waals surface area (Å²) in [4.78, 5) is 14.6. The van der Waals surface area contributed by atoms with Crippen LogP contribution in [0.4, 0.5) is 0 Å². The van der Waals surface area contributed by atoms with Crippen molar-refractivity contribution in [3.8, 4) is 0 Å². The largest absolute Gasteiger partial charge is 0.341 e. The number of benzene rings is 2. The molecule has 1 aliphatic heterocycles. The van der Waals surface area contributed by atoms with Crippen LogP contribution in [-0.4, -0.2) is 39.6 Å². The fourth-order valence-corrected chi connectivity index (χ4v) is 4.04. The van der Waals surface area contributed by atoms with Gasteiger partial charge in [0, 0.05) is 47.7 Å². The van der Waals surface area contributed by atoms with Crippen molar-refractivity contribution in [3.05, 3.63) is 71.8 Å². The second-order valence-electron chi connectivity index (χ2n) is 5.81. The summed E-state index contributed by atoms with van der Waals surface area (Å²) in [5, 5.41) is 0. The Kier molecular flexibility index (Phi) is 5.23. The summed E-state index contributed by atoms with van der Waals surface area (Å²) in [7, 11) is -0.756. The molecule has 0 aliphatic carbocycles. The minimum absolute atomic E-state index is 0.0670. The van der Waals surface area contributed by atoms with E-state index in [2.05, 4.69) is 24.3 Å². The highest BCUT2D eigenvalue weighted by molar-refractivity contribution is 7.85. The Balaban J connectivity index is 1.79. The Bertz CT molecular complexity index is 623. The van der Waals surface area contributed by atoms with E-state index in [-0.39, 0.29) is 11.8 Å². The fourth-order valence-electron chi connectivity index (χ4n) is 2.99. The first-order chi connectivity index (χ1) is 11.2. The molecule has 1 aliphatic rings. The Morgan fingerprint density at radius 1 is 0.913 bits per heavy atom. The van der Waals surface area contributed by atoms with E-state index in [1.165, 1.54) is 0 Å². The molecule has 0 aromatic heterocycles. The number of amides is 1. The van der Waals surface area contributed by atoms with Gasteiger partial charge in [0.1, 0.15) is 0 Å². The summed E-state index contributed by atoms with van der Waals surface area (Å²) in [6, 6.07) is 20.4. The second kappa shape index (κ2) is 7.55. The lowest BCUT2D eigenvalue weighted by Gasteiger charge is -2.28. The molecule has 3 rings (SSSR count). The van der Waals surface area contributed by atoms with Crippen molar-refractivity contribution in [2.24, 2.45) is 0 Å². The SMILES string of the molecule is O=C(CC(c1ccccc1)c1ccccc1)N1CCS(=O)CC1. The van der Waals surface area contributed by atoms with Crippen molar-refractivity contribution in [1.29, 1.82) is 0 Å². The van der Waals surface area contributed by atoms with Crippen LogP contribution in [-0.2, 0) is 15.6 Å². The first-order valence-corrected chi connectivity index (χ1v) is 9.45. The number of carbonyl (C=O) groups is 1.